The Balaban J connectivity index is 1.76. The van der Waals surface area contributed by atoms with Gasteiger partial charge in [-0.3, -0.25) is 0 Å². The average Bonchev–Trinajstić information content (AvgIpc) is 3.18. The molecule has 0 amide bonds. The standard InChI is InChI=1S/C21H23ClF4N6O2/c1-11-6-13(34-5-4-20(27)8-33-9-20)7-14(23)15(11)16-17(22)30-19-28-10-29-32(19)18(16)31(3)12(2)21(24,25)26/h6-7,10,12H,4-5,8-9,27H2,1-3H3/t12-/m0/s1. The first kappa shape index (κ1) is 24.4. The number of hydrogen-bond donors (Lipinski definition) is 1. The molecule has 0 radical (unpaired) electrons. The molecule has 184 valence electrons. The predicted molar refractivity (Wildman–Crippen MR) is 118 cm³/mol. The van der Waals surface area contributed by atoms with E-state index in [0.717, 1.165) is 28.7 Å². The van der Waals surface area contributed by atoms with Crippen LogP contribution in [0.2, 0.25) is 5.15 Å². The van der Waals surface area contributed by atoms with Crippen LogP contribution in [0.1, 0.15) is 18.9 Å². The molecule has 2 N–H and O–H groups in total. The van der Waals surface area contributed by atoms with Crippen LogP contribution in [-0.2, 0) is 4.74 Å². The normalized spacial score (nSPS) is 16.4. The molecule has 0 saturated carbocycles. The number of aromatic nitrogens is 4. The third-order valence-corrected chi connectivity index (χ3v) is 6.18. The van der Waals surface area contributed by atoms with E-state index in [0.29, 0.717) is 25.2 Å². The number of ether oxygens (including phenoxy) is 2. The first-order chi connectivity index (χ1) is 15.9. The summed E-state index contributed by atoms with van der Waals surface area (Å²) in [6.45, 7) is 3.71. The summed E-state index contributed by atoms with van der Waals surface area (Å²) in [4.78, 5) is 8.94. The van der Waals surface area contributed by atoms with Gasteiger partial charge < -0.3 is 20.1 Å². The molecule has 8 nitrogen and oxygen atoms in total. The third-order valence-electron chi connectivity index (χ3n) is 5.91. The maximum Gasteiger partial charge on any atom is 0.408 e. The summed E-state index contributed by atoms with van der Waals surface area (Å²) in [7, 11) is 1.23. The van der Waals surface area contributed by atoms with Gasteiger partial charge in [-0.25, -0.2) is 4.39 Å². The van der Waals surface area contributed by atoms with Crippen molar-refractivity contribution in [2.45, 2.75) is 38.0 Å². The highest BCUT2D eigenvalue weighted by Gasteiger charge is 2.41. The topological polar surface area (TPSA) is 90.8 Å². The first-order valence-corrected chi connectivity index (χ1v) is 10.8. The summed E-state index contributed by atoms with van der Waals surface area (Å²) < 4.78 is 67.9. The van der Waals surface area contributed by atoms with Crippen LogP contribution in [0.3, 0.4) is 0 Å². The van der Waals surface area contributed by atoms with Gasteiger partial charge in [0.1, 0.15) is 34.9 Å². The highest BCUT2D eigenvalue weighted by molar-refractivity contribution is 6.33. The number of anilines is 1. The Morgan fingerprint density at radius 2 is 2.03 bits per heavy atom. The average molecular weight is 503 g/mol. The molecule has 3 aromatic rings. The van der Waals surface area contributed by atoms with E-state index in [4.69, 9.17) is 26.8 Å². The molecule has 2 aromatic heterocycles. The molecule has 0 aliphatic carbocycles. The second kappa shape index (κ2) is 8.82. The predicted octanol–water partition coefficient (Wildman–Crippen LogP) is 3.78. The van der Waals surface area contributed by atoms with Crippen LogP contribution in [0.4, 0.5) is 23.4 Å². The molecule has 4 rings (SSSR count). The van der Waals surface area contributed by atoms with Crippen LogP contribution in [-0.4, -0.2) is 64.2 Å². The number of alkyl halides is 3. The molecule has 34 heavy (non-hydrogen) atoms. The Hall–Kier alpha value is -2.70. The second-order valence-electron chi connectivity index (χ2n) is 8.45. The van der Waals surface area contributed by atoms with E-state index < -0.39 is 23.6 Å². The van der Waals surface area contributed by atoms with Crippen molar-refractivity contribution >= 4 is 23.2 Å². The van der Waals surface area contributed by atoms with Gasteiger partial charge in [0.05, 0.1) is 30.9 Å². The molecule has 13 heteroatoms. The van der Waals surface area contributed by atoms with E-state index in [1.54, 1.807) is 13.0 Å². The van der Waals surface area contributed by atoms with Gasteiger partial charge in [-0.05, 0) is 25.5 Å². The molecule has 0 bridgehead atoms. The van der Waals surface area contributed by atoms with Crippen LogP contribution in [0.25, 0.3) is 16.9 Å². The van der Waals surface area contributed by atoms with Gasteiger partial charge in [0.15, 0.2) is 0 Å². The molecule has 1 atom stereocenters. The van der Waals surface area contributed by atoms with Crippen molar-refractivity contribution in [3.63, 3.8) is 0 Å². The van der Waals surface area contributed by atoms with Crippen LogP contribution in [0, 0.1) is 12.7 Å². The number of halogens is 5. The zero-order chi connectivity index (χ0) is 24.8. The third kappa shape index (κ3) is 4.49. The van der Waals surface area contributed by atoms with Crippen molar-refractivity contribution in [1.82, 2.24) is 19.6 Å². The summed E-state index contributed by atoms with van der Waals surface area (Å²) in [5.74, 6) is -0.587. The zero-order valence-corrected chi connectivity index (χ0v) is 19.4. The highest BCUT2D eigenvalue weighted by Crippen LogP contribution is 2.42. The first-order valence-electron chi connectivity index (χ1n) is 10.4. The monoisotopic (exact) mass is 502 g/mol. The van der Waals surface area contributed by atoms with E-state index in [9.17, 15) is 13.2 Å². The number of hydrogen-bond acceptors (Lipinski definition) is 7. The fraction of sp³-hybridized carbons (Fsp3) is 0.476. The van der Waals surface area contributed by atoms with Gasteiger partial charge in [0.2, 0.25) is 0 Å². The Kier molecular flexibility index (Phi) is 6.34. The van der Waals surface area contributed by atoms with Crippen molar-refractivity contribution < 1.29 is 27.0 Å². The van der Waals surface area contributed by atoms with E-state index in [1.807, 2.05) is 0 Å². The number of fused-ring (bicyclic) bond motifs is 1. The lowest BCUT2D eigenvalue weighted by Crippen LogP contribution is -2.58. The smallest absolute Gasteiger partial charge is 0.408 e. The lowest BCUT2D eigenvalue weighted by atomic mass is 9.95. The van der Waals surface area contributed by atoms with Gasteiger partial charge in [-0.2, -0.15) is 32.8 Å². The van der Waals surface area contributed by atoms with E-state index in [1.165, 1.54) is 7.05 Å². The lowest BCUT2D eigenvalue weighted by molar-refractivity contribution is -0.144. The summed E-state index contributed by atoms with van der Waals surface area (Å²) in [5, 5.41) is 3.79. The maximum atomic E-state index is 15.4. The van der Waals surface area contributed by atoms with Gasteiger partial charge in [-0.1, -0.05) is 11.6 Å². The van der Waals surface area contributed by atoms with Crippen molar-refractivity contribution in [2.24, 2.45) is 5.73 Å². The van der Waals surface area contributed by atoms with Crippen molar-refractivity contribution in [3.8, 4) is 16.9 Å². The van der Waals surface area contributed by atoms with E-state index in [-0.39, 0.29) is 40.2 Å². The van der Waals surface area contributed by atoms with Gasteiger partial charge in [-0.15, -0.1) is 0 Å². The maximum absolute atomic E-state index is 15.4. The van der Waals surface area contributed by atoms with Gasteiger partial charge >= 0.3 is 6.18 Å². The molecule has 1 fully saturated rings. The van der Waals surface area contributed by atoms with Crippen LogP contribution in [0.5, 0.6) is 5.75 Å². The largest absolute Gasteiger partial charge is 0.493 e. The van der Waals surface area contributed by atoms with Gasteiger partial charge in [0, 0.05) is 25.1 Å². The summed E-state index contributed by atoms with van der Waals surface area (Å²) in [5.41, 5.74) is 5.97. The Morgan fingerprint density at radius 1 is 1.32 bits per heavy atom. The highest BCUT2D eigenvalue weighted by atomic mass is 35.5. The molecule has 0 unspecified atom stereocenters. The van der Waals surface area contributed by atoms with Crippen molar-refractivity contribution in [3.05, 3.63) is 35.0 Å². The van der Waals surface area contributed by atoms with Crippen molar-refractivity contribution in [1.29, 1.82) is 0 Å². The van der Waals surface area contributed by atoms with Crippen LogP contribution in [0.15, 0.2) is 18.5 Å². The molecule has 3 heterocycles. The number of rotatable bonds is 7. The second-order valence-corrected chi connectivity index (χ2v) is 8.81. The Labute approximate surface area is 197 Å². The Morgan fingerprint density at radius 3 is 2.62 bits per heavy atom. The molecule has 1 aliphatic heterocycles. The molecular weight excluding hydrogens is 480 g/mol. The molecule has 1 aliphatic rings. The molecular formula is C21H23ClF4N6O2. The fourth-order valence-corrected chi connectivity index (χ4v) is 3.99. The molecule has 0 spiro atoms. The zero-order valence-electron chi connectivity index (χ0n) is 18.7. The minimum Gasteiger partial charge on any atom is -0.493 e. The Bertz CT molecular complexity index is 1190. The van der Waals surface area contributed by atoms with E-state index >= 15 is 4.39 Å². The SMILES string of the molecule is Cc1cc(OCCC2(N)COC2)cc(F)c1-c1c(Cl)nc2ncnn2c1N(C)[C@@H](C)C(F)(F)F. The molecule has 1 aromatic carbocycles. The fourth-order valence-electron chi connectivity index (χ4n) is 3.74. The molecule has 1 saturated heterocycles. The summed E-state index contributed by atoms with van der Waals surface area (Å²) >= 11 is 6.38. The lowest BCUT2D eigenvalue weighted by Gasteiger charge is -2.37. The minimum atomic E-state index is -4.56. The number of nitrogens with zero attached hydrogens (tertiary/aromatic N) is 5. The van der Waals surface area contributed by atoms with Crippen LogP contribution >= 0.6 is 11.6 Å². The van der Waals surface area contributed by atoms with Crippen molar-refractivity contribution in [2.75, 3.05) is 31.8 Å². The number of nitrogens with two attached hydrogens (primary N) is 1. The quantitative estimate of drug-likeness (QED) is 0.388. The van der Waals surface area contributed by atoms with Crippen LogP contribution < -0.4 is 15.4 Å². The minimum absolute atomic E-state index is 0.0128. The van der Waals surface area contributed by atoms with E-state index in [2.05, 4.69) is 15.1 Å². The van der Waals surface area contributed by atoms with Gasteiger partial charge in [0.25, 0.3) is 5.78 Å². The summed E-state index contributed by atoms with van der Waals surface area (Å²) in [6.07, 6.45) is -2.90. The summed E-state index contributed by atoms with van der Waals surface area (Å²) in [6, 6.07) is 0.807. The number of benzene rings is 1. The number of aryl methyl sites for hydroxylation is 1.